The van der Waals surface area contributed by atoms with Gasteiger partial charge in [-0.15, -0.1) is 0 Å². The van der Waals surface area contributed by atoms with E-state index in [0.717, 1.165) is 0 Å². The summed E-state index contributed by atoms with van der Waals surface area (Å²) in [6.07, 6.45) is 0.546. The van der Waals surface area contributed by atoms with Crippen LogP contribution in [0.25, 0.3) is 0 Å². The number of rotatable bonds is 2. The SMILES string of the molecule is NC(=O)[C@H]1C[C@@H]1C(N)=O. The van der Waals surface area contributed by atoms with Crippen molar-refractivity contribution in [2.75, 3.05) is 0 Å². The number of carbonyl (C=O) groups excluding carboxylic acids is 2. The molecule has 0 aromatic carbocycles. The third-order valence-corrected chi connectivity index (χ3v) is 1.52. The largest absolute Gasteiger partial charge is 0.369 e. The predicted molar refractivity (Wildman–Crippen MR) is 30.0 cm³/mol. The van der Waals surface area contributed by atoms with Crippen molar-refractivity contribution in [3.63, 3.8) is 0 Å². The van der Waals surface area contributed by atoms with Gasteiger partial charge in [0.2, 0.25) is 11.8 Å². The third-order valence-electron chi connectivity index (χ3n) is 1.52. The van der Waals surface area contributed by atoms with E-state index in [-0.39, 0.29) is 11.8 Å². The maximum Gasteiger partial charge on any atom is 0.221 e. The van der Waals surface area contributed by atoms with Gasteiger partial charge in [-0.05, 0) is 6.42 Å². The van der Waals surface area contributed by atoms with Crippen LogP contribution in [0.4, 0.5) is 0 Å². The van der Waals surface area contributed by atoms with Gasteiger partial charge in [-0.25, -0.2) is 0 Å². The predicted octanol–water partition coefficient (Wildman–Crippen LogP) is -1.41. The second-order valence-corrected chi connectivity index (χ2v) is 2.25. The maximum absolute atomic E-state index is 10.3. The molecule has 1 aliphatic carbocycles. The van der Waals surface area contributed by atoms with Crippen LogP contribution >= 0.6 is 0 Å². The van der Waals surface area contributed by atoms with Crippen LogP contribution in [0, 0.1) is 11.8 Å². The molecule has 2 amide bonds. The van der Waals surface area contributed by atoms with E-state index in [1.54, 1.807) is 0 Å². The van der Waals surface area contributed by atoms with Crippen LogP contribution in [0.1, 0.15) is 6.42 Å². The zero-order chi connectivity index (χ0) is 7.02. The first-order valence-corrected chi connectivity index (χ1v) is 2.71. The Balaban J connectivity index is 2.42. The Hall–Kier alpha value is -1.06. The van der Waals surface area contributed by atoms with Crippen molar-refractivity contribution in [3.05, 3.63) is 0 Å². The molecule has 9 heavy (non-hydrogen) atoms. The fourth-order valence-electron chi connectivity index (χ4n) is 0.824. The van der Waals surface area contributed by atoms with Gasteiger partial charge in [0.15, 0.2) is 0 Å². The van der Waals surface area contributed by atoms with Crippen LogP contribution in [-0.2, 0) is 9.59 Å². The van der Waals surface area contributed by atoms with Crippen molar-refractivity contribution in [1.82, 2.24) is 0 Å². The van der Waals surface area contributed by atoms with Gasteiger partial charge in [0.25, 0.3) is 0 Å². The molecule has 0 unspecified atom stereocenters. The van der Waals surface area contributed by atoms with E-state index in [0.29, 0.717) is 6.42 Å². The summed E-state index contributed by atoms with van der Waals surface area (Å²) >= 11 is 0. The Morgan fingerprint density at radius 2 is 1.44 bits per heavy atom. The molecule has 0 aromatic rings. The molecule has 1 fully saturated rings. The Labute approximate surface area is 52.2 Å². The van der Waals surface area contributed by atoms with Crippen LogP contribution < -0.4 is 11.5 Å². The van der Waals surface area contributed by atoms with Crippen molar-refractivity contribution < 1.29 is 9.59 Å². The van der Waals surface area contributed by atoms with Crippen LogP contribution in [0.2, 0.25) is 0 Å². The zero-order valence-corrected chi connectivity index (χ0v) is 4.83. The summed E-state index contributed by atoms with van der Waals surface area (Å²) in [6, 6.07) is 0. The minimum absolute atomic E-state index is 0.275. The van der Waals surface area contributed by atoms with Gasteiger partial charge < -0.3 is 11.5 Å². The molecular weight excluding hydrogens is 120 g/mol. The molecule has 1 saturated carbocycles. The van der Waals surface area contributed by atoms with Gasteiger partial charge in [-0.1, -0.05) is 0 Å². The normalized spacial score (nSPS) is 31.6. The highest BCUT2D eigenvalue weighted by molar-refractivity contribution is 5.90. The quantitative estimate of drug-likeness (QED) is 0.478. The van der Waals surface area contributed by atoms with E-state index in [4.69, 9.17) is 11.5 Å². The molecule has 4 N–H and O–H groups in total. The zero-order valence-electron chi connectivity index (χ0n) is 4.83. The average molecular weight is 128 g/mol. The van der Waals surface area contributed by atoms with Gasteiger partial charge in [-0.3, -0.25) is 9.59 Å². The molecule has 0 aliphatic heterocycles. The van der Waals surface area contributed by atoms with E-state index < -0.39 is 11.8 Å². The summed E-state index contributed by atoms with van der Waals surface area (Å²) < 4.78 is 0. The highest BCUT2D eigenvalue weighted by atomic mass is 16.2. The number of hydrogen-bond acceptors (Lipinski definition) is 2. The Morgan fingerprint density at radius 3 is 1.56 bits per heavy atom. The fraction of sp³-hybridized carbons (Fsp3) is 0.600. The van der Waals surface area contributed by atoms with Crippen molar-refractivity contribution in [2.45, 2.75) is 6.42 Å². The molecule has 0 bridgehead atoms. The Kier molecular flexibility index (Phi) is 1.16. The first-order valence-electron chi connectivity index (χ1n) is 2.71. The minimum Gasteiger partial charge on any atom is -0.369 e. The van der Waals surface area contributed by atoms with Gasteiger partial charge in [-0.2, -0.15) is 0 Å². The molecule has 2 atom stereocenters. The molecule has 50 valence electrons. The standard InChI is InChI=1S/C5H8N2O2/c6-4(8)2-1-3(2)5(7)9/h2-3H,1H2,(H2,6,8)(H2,7,9)/t2-,3-/m0/s1. The molecule has 4 heteroatoms. The van der Waals surface area contributed by atoms with Gasteiger partial charge in [0.1, 0.15) is 0 Å². The van der Waals surface area contributed by atoms with Crippen LogP contribution in [0.5, 0.6) is 0 Å². The first kappa shape index (κ1) is 6.07. The lowest BCUT2D eigenvalue weighted by molar-refractivity contribution is -0.124. The summed E-state index contributed by atoms with van der Waals surface area (Å²) in [5.74, 6) is -1.39. The molecule has 0 radical (unpaired) electrons. The molecule has 0 spiro atoms. The Bertz CT molecular complexity index is 148. The van der Waals surface area contributed by atoms with Crippen molar-refractivity contribution in [1.29, 1.82) is 0 Å². The van der Waals surface area contributed by atoms with Crippen LogP contribution in [-0.4, -0.2) is 11.8 Å². The van der Waals surface area contributed by atoms with E-state index in [2.05, 4.69) is 0 Å². The Morgan fingerprint density at radius 1 is 1.11 bits per heavy atom. The van der Waals surface area contributed by atoms with E-state index in [1.807, 2.05) is 0 Å². The molecule has 1 aliphatic rings. The lowest BCUT2D eigenvalue weighted by Gasteiger charge is -1.86. The fourth-order valence-corrected chi connectivity index (χ4v) is 0.824. The lowest BCUT2D eigenvalue weighted by atomic mass is 10.3. The maximum atomic E-state index is 10.3. The van der Waals surface area contributed by atoms with Crippen molar-refractivity contribution in [3.8, 4) is 0 Å². The van der Waals surface area contributed by atoms with E-state index in [9.17, 15) is 9.59 Å². The van der Waals surface area contributed by atoms with Gasteiger partial charge in [0.05, 0.1) is 11.8 Å². The topological polar surface area (TPSA) is 86.2 Å². The van der Waals surface area contributed by atoms with Crippen LogP contribution in [0.15, 0.2) is 0 Å². The highest BCUT2D eigenvalue weighted by Gasteiger charge is 2.45. The number of carbonyl (C=O) groups is 2. The summed E-state index contributed by atoms with van der Waals surface area (Å²) in [4.78, 5) is 20.6. The smallest absolute Gasteiger partial charge is 0.221 e. The molecule has 0 aromatic heterocycles. The second kappa shape index (κ2) is 1.72. The molecular formula is C5H8N2O2. The lowest BCUT2D eigenvalue weighted by Crippen LogP contribution is -2.20. The molecule has 1 rings (SSSR count). The van der Waals surface area contributed by atoms with Crippen molar-refractivity contribution in [2.24, 2.45) is 23.3 Å². The van der Waals surface area contributed by atoms with Gasteiger partial charge >= 0.3 is 0 Å². The minimum atomic E-state index is -0.418. The second-order valence-electron chi connectivity index (χ2n) is 2.25. The summed E-state index contributed by atoms with van der Waals surface area (Å²) in [5, 5.41) is 0. The van der Waals surface area contributed by atoms with Gasteiger partial charge in [0, 0.05) is 0 Å². The first-order chi connectivity index (χ1) is 4.13. The van der Waals surface area contributed by atoms with Crippen LogP contribution in [0.3, 0.4) is 0 Å². The number of primary amides is 2. The summed E-state index contributed by atoms with van der Waals surface area (Å²) in [6.45, 7) is 0. The third kappa shape index (κ3) is 1.01. The number of amides is 2. The number of nitrogens with two attached hydrogens (primary N) is 2. The number of hydrogen-bond donors (Lipinski definition) is 2. The highest BCUT2D eigenvalue weighted by Crippen LogP contribution is 2.37. The molecule has 0 heterocycles. The molecule has 0 saturated heterocycles. The van der Waals surface area contributed by atoms with Crippen molar-refractivity contribution >= 4 is 11.8 Å². The molecule has 4 nitrogen and oxygen atoms in total. The summed E-state index contributed by atoms with van der Waals surface area (Å²) in [5.41, 5.74) is 9.76. The summed E-state index contributed by atoms with van der Waals surface area (Å²) in [7, 11) is 0. The van der Waals surface area contributed by atoms with E-state index >= 15 is 0 Å². The monoisotopic (exact) mass is 128 g/mol. The van der Waals surface area contributed by atoms with E-state index in [1.165, 1.54) is 0 Å². The average Bonchev–Trinajstić information content (AvgIpc) is 2.39.